The second-order valence-electron chi connectivity index (χ2n) is 7.41. The van der Waals surface area contributed by atoms with Gasteiger partial charge in [0, 0.05) is 39.0 Å². The van der Waals surface area contributed by atoms with Gasteiger partial charge >= 0.3 is 5.97 Å². The fourth-order valence-corrected chi connectivity index (χ4v) is 3.89. The summed E-state index contributed by atoms with van der Waals surface area (Å²) in [5.74, 6) is -0.249. The number of amides is 2. The molecule has 28 heavy (non-hydrogen) atoms. The number of carbonyl (C=O) groups is 3. The third-order valence-electron chi connectivity index (χ3n) is 5.62. The van der Waals surface area contributed by atoms with E-state index in [0.29, 0.717) is 56.9 Å². The molecule has 1 aromatic carbocycles. The van der Waals surface area contributed by atoms with Gasteiger partial charge in [-0.2, -0.15) is 0 Å². The first-order valence-electron chi connectivity index (χ1n) is 10.3. The van der Waals surface area contributed by atoms with Crippen LogP contribution < -0.4 is 0 Å². The Morgan fingerprint density at radius 1 is 1.07 bits per heavy atom. The highest BCUT2D eigenvalue weighted by Crippen LogP contribution is 2.24. The molecular weight excluding hydrogens is 356 g/mol. The first-order chi connectivity index (χ1) is 13.5. The number of carbonyl (C=O) groups excluding carboxylic acids is 2. The van der Waals surface area contributed by atoms with Crippen molar-refractivity contribution in [3.05, 3.63) is 35.4 Å². The van der Waals surface area contributed by atoms with Gasteiger partial charge in [-0.1, -0.05) is 18.2 Å². The largest absolute Gasteiger partial charge is 0.478 e. The quantitative estimate of drug-likeness (QED) is 0.705. The zero-order valence-electron chi connectivity index (χ0n) is 17.0. The number of likely N-dealkylation sites (tertiary alicyclic amines) is 1. The van der Waals surface area contributed by atoms with Crippen LogP contribution in [0.25, 0.3) is 0 Å². The number of benzene rings is 1. The van der Waals surface area contributed by atoms with Gasteiger partial charge < -0.3 is 14.9 Å². The van der Waals surface area contributed by atoms with E-state index < -0.39 is 5.97 Å². The maximum Gasteiger partial charge on any atom is 0.335 e. The summed E-state index contributed by atoms with van der Waals surface area (Å²) >= 11 is 0. The third-order valence-corrected chi connectivity index (χ3v) is 5.62. The van der Waals surface area contributed by atoms with Gasteiger partial charge in [0.1, 0.15) is 0 Å². The number of carboxylic acid groups (broad SMARTS) is 1. The smallest absolute Gasteiger partial charge is 0.335 e. The van der Waals surface area contributed by atoms with Gasteiger partial charge in [-0.05, 0) is 57.1 Å². The third kappa shape index (κ3) is 6.08. The van der Waals surface area contributed by atoms with Gasteiger partial charge in [-0.15, -0.1) is 0 Å². The van der Waals surface area contributed by atoms with E-state index in [1.807, 2.05) is 30.9 Å². The molecule has 1 fully saturated rings. The molecule has 2 rings (SSSR count). The molecule has 1 aliphatic heterocycles. The SMILES string of the molecule is CCN(CC)C(=O)CCCC(=O)N1CCC(Cc2ccccc2C(=O)O)CC1. The van der Waals surface area contributed by atoms with Gasteiger partial charge in [-0.25, -0.2) is 4.79 Å². The molecule has 0 aromatic heterocycles. The van der Waals surface area contributed by atoms with E-state index in [-0.39, 0.29) is 11.8 Å². The summed E-state index contributed by atoms with van der Waals surface area (Å²) < 4.78 is 0. The van der Waals surface area contributed by atoms with E-state index in [1.54, 1.807) is 17.0 Å². The van der Waals surface area contributed by atoms with Crippen molar-refractivity contribution in [2.45, 2.75) is 52.4 Å². The molecule has 0 bridgehead atoms. The van der Waals surface area contributed by atoms with Crippen LogP contribution in [0, 0.1) is 5.92 Å². The van der Waals surface area contributed by atoms with Crippen molar-refractivity contribution in [3.8, 4) is 0 Å². The topological polar surface area (TPSA) is 77.9 Å². The van der Waals surface area contributed by atoms with Crippen molar-refractivity contribution in [2.75, 3.05) is 26.2 Å². The molecule has 1 heterocycles. The van der Waals surface area contributed by atoms with Gasteiger partial charge in [-0.3, -0.25) is 9.59 Å². The minimum Gasteiger partial charge on any atom is -0.478 e. The van der Waals surface area contributed by atoms with Gasteiger partial charge in [0.15, 0.2) is 0 Å². The monoisotopic (exact) mass is 388 g/mol. The number of hydrogen-bond acceptors (Lipinski definition) is 3. The molecule has 1 aliphatic rings. The maximum atomic E-state index is 12.4. The highest BCUT2D eigenvalue weighted by Gasteiger charge is 2.24. The van der Waals surface area contributed by atoms with Gasteiger partial charge in [0.25, 0.3) is 0 Å². The molecule has 2 amide bonds. The lowest BCUT2D eigenvalue weighted by atomic mass is 9.88. The second-order valence-corrected chi connectivity index (χ2v) is 7.41. The zero-order valence-corrected chi connectivity index (χ0v) is 17.0. The lowest BCUT2D eigenvalue weighted by Gasteiger charge is -2.32. The highest BCUT2D eigenvalue weighted by molar-refractivity contribution is 5.89. The van der Waals surface area contributed by atoms with E-state index in [9.17, 15) is 19.5 Å². The van der Waals surface area contributed by atoms with Crippen LogP contribution in [0.15, 0.2) is 24.3 Å². The van der Waals surface area contributed by atoms with Crippen LogP contribution in [-0.2, 0) is 16.0 Å². The van der Waals surface area contributed by atoms with E-state index in [4.69, 9.17) is 0 Å². The summed E-state index contributed by atoms with van der Waals surface area (Å²) in [5, 5.41) is 9.32. The van der Waals surface area contributed by atoms with Crippen LogP contribution in [0.3, 0.4) is 0 Å². The minimum absolute atomic E-state index is 0.119. The molecule has 6 heteroatoms. The molecule has 1 N–H and O–H groups in total. The number of carboxylic acids is 1. The Kier molecular flexibility index (Phi) is 8.48. The van der Waals surface area contributed by atoms with E-state index in [1.165, 1.54) is 0 Å². The Balaban J connectivity index is 1.75. The van der Waals surface area contributed by atoms with Crippen molar-refractivity contribution in [3.63, 3.8) is 0 Å². The average molecular weight is 389 g/mol. The number of aromatic carboxylic acids is 1. The first-order valence-corrected chi connectivity index (χ1v) is 10.3. The zero-order chi connectivity index (χ0) is 20.5. The molecular formula is C22H32N2O4. The molecule has 1 saturated heterocycles. The first kappa shape index (κ1) is 21.9. The maximum absolute atomic E-state index is 12.4. The van der Waals surface area contributed by atoms with Crippen molar-refractivity contribution >= 4 is 17.8 Å². The van der Waals surface area contributed by atoms with Crippen molar-refractivity contribution in [1.29, 1.82) is 0 Å². The molecule has 0 saturated carbocycles. The highest BCUT2D eigenvalue weighted by atomic mass is 16.4. The Morgan fingerprint density at radius 3 is 2.32 bits per heavy atom. The molecule has 154 valence electrons. The van der Waals surface area contributed by atoms with Crippen LogP contribution in [0.2, 0.25) is 0 Å². The van der Waals surface area contributed by atoms with Crippen LogP contribution in [0.1, 0.15) is 61.9 Å². The summed E-state index contributed by atoms with van der Waals surface area (Å²) in [5.41, 5.74) is 1.24. The Hall–Kier alpha value is -2.37. The van der Waals surface area contributed by atoms with Crippen molar-refractivity contribution in [1.82, 2.24) is 9.80 Å². The molecule has 6 nitrogen and oxygen atoms in total. The summed E-state index contributed by atoms with van der Waals surface area (Å²) in [7, 11) is 0. The number of rotatable bonds is 9. The van der Waals surface area contributed by atoms with Crippen LogP contribution in [0.4, 0.5) is 0 Å². The molecule has 0 spiro atoms. The fourth-order valence-electron chi connectivity index (χ4n) is 3.89. The molecule has 0 unspecified atom stereocenters. The van der Waals surface area contributed by atoms with Crippen LogP contribution >= 0.6 is 0 Å². The summed E-state index contributed by atoms with van der Waals surface area (Å²) in [4.78, 5) is 39.5. The Labute approximate surface area is 167 Å². The lowest BCUT2D eigenvalue weighted by Crippen LogP contribution is -2.39. The number of piperidine rings is 1. The van der Waals surface area contributed by atoms with Crippen molar-refractivity contribution < 1.29 is 19.5 Å². The van der Waals surface area contributed by atoms with E-state index in [0.717, 1.165) is 24.8 Å². The van der Waals surface area contributed by atoms with Crippen LogP contribution in [-0.4, -0.2) is 58.9 Å². The summed E-state index contributed by atoms with van der Waals surface area (Å²) in [6.07, 6.45) is 3.95. The van der Waals surface area contributed by atoms with Gasteiger partial charge in [0.05, 0.1) is 5.56 Å². The molecule has 0 radical (unpaired) electrons. The molecule has 0 aliphatic carbocycles. The lowest BCUT2D eigenvalue weighted by molar-refractivity contribution is -0.133. The van der Waals surface area contributed by atoms with Gasteiger partial charge in [0.2, 0.25) is 11.8 Å². The predicted octanol–water partition coefficient (Wildman–Crippen LogP) is 3.20. The van der Waals surface area contributed by atoms with Crippen molar-refractivity contribution in [2.24, 2.45) is 5.92 Å². The van der Waals surface area contributed by atoms with E-state index >= 15 is 0 Å². The second kappa shape index (κ2) is 10.8. The molecule has 0 atom stereocenters. The Morgan fingerprint density at radius 2 is 1.71 bits per heavy atom. The Bertz CT molecular complexity index is 677. The summed E-state index contributed by atoms with van der Waals surface area (Å²) in [6.45, 7) is 6.77. The standard InChI is InChI=1S/C22H32N2O4/c1-3-23(4-2)20(25)10-7-11-21(26)24-14-12-17(13-15-24)16-18-8-5-6-9-19(18)22(27)28/h5-6,8-9,17H,3-4,7,10-16H2,1-2H3,(H,27,28). The molecule has 1 aromatic rings. The number of nitrogens with zero attached hydrogens (tertiary/aromatic N) is 2. The normalized spacial score (nSPS) is 14.7. The van der Waals surface area contributed by atoms with E-state index in [2.05, 4.69) is 0 Å². The average Bonchev–Trinajstić information content (AvgIpc) is 2.69. The summed E-state index contributed by atoms with van der Waals surface area (Å²) in [6, 6.07) is 7.16. The predicted molar refractivity (Wildman–Crippen MR) is 108 cm³/mol. The minimum atomic E-state index is -0.887. The van der Waals surface area contributed by atoms with Crippen LogP contribution in [0.5, 0.6) is 0 Å². The fraction of sp³-hybridized carbons (Fsp3) is 0.591. The number of hydrogen-bond donors (Lipinski definition) is 1.